The number of alkyl halides is 3. The van der Waals surface area contributed by atoms with Crippen molar-refractivity contribution in [2.24, 2.45) is 4.99 Å². The Kier molecular flexibility index (Phi) is 5.07. The normalized spacial score (nSPS) is 14.9. The Morgan fingerprint density at radius 2 is 1.88 bits per heavy atom. The van der Waals surface area contributed by atoms with Crippen LogP contribution in [0.3, 0.4) is 0 Å². The number of pyridine rings is 1. The molecule has 5 rings (SSSR count). The zero-order valence-corrected chi connectivity index (χ0v) is 17.9. The van der Waals surface area contributed by atoms with E-state index in [1.165, 1.54) is 12.4 Å². The number of nitrogens with zero attached hydrogens (tertiary/aromatic N) is 6. The van der Waals surface area contributed by atoms with Gasteiger partial charge >= 0.3 is 6.18 Å². The zero-order chi connectivity index (χ0) is 23.2. The highest BCUT2D eigenvalue weighted by Gasteiger charge is 2.31. The summed E-state index contributed by atoms with van der Waals surface area (Å²) < 4.78 is 41.6. The first-order valence-corrected chi connectivity index (χ1v) is 10.4. The number of aromatic nitrogens is 5. The molecular weight excluding hydrogens is 431 g/mol. The lowest BCUT2D eigenvalue weighted by Crippen LogP contribution is -2.21. The van der Waals surface area contributed by atoms with Crippen LogP contribution in [0.5, 0.6) is 0 Å². The van der Waals surface area contributed by atoms with Crippen LogP contribution in [-0.4, -0.2) is 31.0 Å². The Hall–Kier alpha value is -3.82. The van der Waals surface area contributed by atoms with Crippen molar-refractivity contribution in [3.8, 4) is 22.5 Å². The molecule has 0 bridgehead atoms. The number of hydrogen-bond donors (Lipinski definition) is 1. The largest absolute Gasteiger partial charge is 0.416 e. The van der Waals surface area contributed by atoms with Gasteiger partial charge < -0.3 is 9.88 Å². The molecule has 10 heteroatoms. The van der Waals surface area contributed by atoms with Crippen LogP contribution in [0.4, 0.5) is 19.0 Å². The van der Waals surface area contributed by atoms with Gasteiger partial charge in [-0.25, -0.2) is 19.9 Å². The van der Waals surface area contributed by atoms with E-state index in [1.54, 1.807) is 32.3 Å². The SMILES string of the molecule is Cc1nc2n3c(c(-c4cncnc4)cc-2c(=NC(C)c2cccc(C(F)(F)F)c2)n1)NCC3. The number of rotatable bonds is 3. The second kappa shape index (κ2) is 7.95. The minimum Gasteiger partial charge on any atom is -0.369 e. The van der Waals surface area contributed by atoms with Crippen molar-refractivity contribution < 1.29 is 13.2 Å². The van der Waals surface area contributed by atoms with Crippen molar-refractivity contribution in [1.29, 1.82) is 0 Å². The zero-order valence-electron chi connectivity index (χ0n) is 17.9. The molecule has 0 radical (unpaired) electrons. The summed E-state index contributed by atoms with van der Waals surface area (Å²) in [5.74, 6) is 2.17. The molecule has 1 N–H and O–H groups in total. The molecule has 0 saturated heterocycles. The van der Waals surface area contributed by atoms with Crippen LogP contribution in [0.15, 0.2) is 54.0 Å². The molecule has 0 aliphatic carbocycles. The second-order valence-electron chi connectivity index (χ2n) is 7.87. The van der Waals surface area contributed by atoms with Gasteiger partial charge in [-0.1, -0.05) is 12.1 Å². The summed E-state index contributed by atoms with van der Waals surface area (Å²) in [6.45, 7) is 5.00. The summed E-state index contributed by atoms with van der Waals surface area (Å²) in [4.78, 5) is 22.1. The Balaban J connectivity index is 1.70. The van der Waals surface area contributed by atoms with Crippen molar-refractivity contribution in [1.82, 2.24) is 24.5 Å². The molecule has 3 aliphatic rings. The quantitative estimate of drug-likeness (QED) is 0.504. The predicted molar refractivity (Wildman–Crippen MR) is 116 cm³/mol. The van der Waals surface area contributed by atoms with Gasteiger partial charge in [0.25, 0.3) is 0 Å². The number of hydrogen-bond acceptors (Lipinski definition) is 6. The van der Waals surface area contributed by atoms with Gasteiger partial charge in [0.2, 0.25) is 0 Å². The lowest BCUT2D eigenvalue weighted by Gasteiger charge is -2.18. The van der Waals surface area contributed by atoms with Gasteiger partial charge in [0.05, 0.1) is 17.2 Å². The fourth-order valence-electron chi connectivity index (χ4n) is 4.03. The summed E-state index contributed by atoms with van der Waals surface area (Å²) in [5.41, 5.74) is 2.62. The molecule has 3 aliphatic heterocycles. The third-order valence-corrected chi connectivity index (χ3v) is 5.60. The number of nitrogens with one attached hydrogen (secondary N) is 1. The first kappa shape index (κ1) is 21.0. The fourth-order valence-corrected chi connectivity index (χ4v) is 4.03. The Labute approximate surface area is 187 Å². The molecule has 0 saturated carbocycles. The van der Waals surface area contributed by atoms with E-state index in [4.69, 9.17) is 4.99 Å². The molecule has 1 aromatic heterocycles. The third kappa shape index (κ3) is 3.92. The van der Waals surface area contributed by atoms with Crippen LogP contribution in [0.25, 0.3) is 22.5 Å². The van der Waals surface area contributed by atoms with Gasteiger partial charge in [-0.2, -0.15) is 13.2 Å². The van der Waals surface area contributed by atoms with Gasteiger partial charge in [-0.05, 0) is 37.6 Å². The Bertz CT molecular complexity index is 1360. The van der Waals surface area contributed by atoms with Gasteiger partial charge in [-0.3, -0.25) is 4.99 Å². The summed E-state index contributed by atoms with van der Waals surface area (Å²) in [6.07, 6.45) is 0.512. The molecule has 4 heterocycles. The van der Waals surface area contributed by atoms with Crippen LogP contribution in [0.1, 0.15) is 29.9 Å². The Morgan fingerprint density at radius 3 is 2.64 bits per heavy atom. The molecule has 1 aromatic carbocycles. The van der Waals surface area contributed by atoms with Crippen molar-refractivity contribution in [3.63, 3.8) is 0 Å². The average molecular weight is 451 g/mol. The van der Waals surface area contributed by atoms with E-state index < -0.39 is 17.8 Å². The molecule has 0 spiro atoms. The second-order valence-corrected chi connectivity index (χ2v) is 7.87. The van der Waals surface area contributed by atoms with Gasteiger partial charge in [-0.15, -0.1) is 0 Å². The molecule has 0 amide bonds. The maximum Gasteiger partial charge on any atom is 0.416 e. The van der Waals surface area contributed by atoms with Gasteiger partial charge in [0.15, 0.2) is 5.49 Å². The standard InChI is InChI=1S/C23H20F3N7/c1-13(15-4-3-5-17(8-15)23(24,25)26)30-20-19-9-18(16-10-27-12-28-11-16)21-29-6-7-33(21)22(19)32-14(2)31-20/h3-5,8-13,29H,6-7H2,1-2H3. The van der Waals surface area contributed by atoms with E-state index in [0.717, 1.165) is 41.4 Å². The van der Waals surface area contributed by atoms with Gasteiger partial charge in [0, 0.05) is 36.6 Å². The smallest absolute Gasteiger partial charge is 0.369 e. The number of halogens is 3. The first-order valence-electron chi connectivity index (χ1n) is 10.4. The van der Waals surface area contributed by atoms with Gasteiger partial charge in [0.1, 0.15) is 23.8 Å². The highest BCUT2D eigenvalue weighted by Crippen LogP contribution is 2.36. The van der Waals surface area contributed by atoms with Crippen molar-refractivity contribution in [2.45, 2.75) is 32.6 Å². The van der Waals surface area contributed by atoms with E-state index in [9.17, 15) is 13.2 Å². The molecule has 1 atom stereocenters. The highest BCUT2D eigenvalue weighted by atomic mass is 19.4. The topological polar surface area (TPSA) is 80.9 Å². The number of anilines is 1. The minimum absolute atomic E-state index is 0.433. The Morgan fingerprint density at radius 1 is 1.09 bits per heavy atom. The molecular formula is C23H20F3N7. The predicted octanol–water partition coefficient (Wildman–Crippen LogP) is 4.25. The highest BCUT2D eigenvalue weighted by molar-refractivity contribution is 5.81. The molecule has 7 nitrogen and oxygen atoms in total. The molecule has 33 heavy (non-hydrogen) atoms. The van der Waals surface area contributed by atoms with Crippen molar-refractivity contribution in [2.75, 3.05) is 11.9 Å². The van der Waals surface area contributed by atoms with Crippen LogP contribution < -0.4 is 10.8 Å². The van der Waals surface area contributed by atoms with Crippen LogP contribution in [0.2, 0.25) is 0 Å². The van der Waals surface area contributed by atoms with Crippen LogP contribution >= 0.6 is 0 Å². The maximum absolute atomic E-state index is 13.2. The van der Waals surface area contributed by atoms with E-state index in [0.29, 0.717) is 29.0 Å². The molecule has 2 aromatic rings. The van der Waals surface area contributed by atoms with Crippen LogP contribution in [-0.2, 0) is 12.7 Å². The third-order valence-electron chi connectivity index (χ3n) is 5.60. The van der Waals surface area contributed by atoms with E-state index >= 15 is 0 Å². The lowest BCUT2D eigenvalue weighted by molar-refractivity contribution is -0.137. The number of benzene rings is 1. The molecule has 1 unspecified atom stereocenters. The summed E-state index contributed by atoms with van der Waals surface area (Å²) in [7, 11) is 0. The first-order chi connectivity index (χ1) is 15.8. The molecule has 168 valence electrons. The monoisotopic (exact) mass is 451 g/mol. The van der Waals surface area contributed by atoms with Crippen molar-refractivity contribution >= 4 is 5.82 Å². The molecule has 0 fully saturated rings. The lowest BCUT2D eigenvalue weighted by atomic mass is 10.0. The fraction of sp³-hybridized carbons (Fsp3) is 0.261. The summed E-state index contributed by atoms with van der Waals surface area (Å²) in [6, 6.07) is 6.63. The average Bonchev–Trinajstić information content (AvgIpc) is 3.29. The minimum atomic E-state index is -4.41. The summed E-state index contributed by atoms with van der Waals surface area (Å²) in [5, 5.41) is 3.40. The van der Waals surface area contributed by atoms with Crippen LogP contribution in [0, 0.1) is 6.92 Å². The van der Waals surface area contributed by atoms with E-state index in [-0.39, 0.29) is 0 Å². The number of aryl methyl sites for hydroxylation is 1. The van der Waals surface area contributed by atoms with E-state index in [1.807, 2.05) is 6.07 Å². The van der Waals surface area contributed by atoms with E-state index in [2.05, 4.69) is 29.8 Å². The van der Waals surface area contributed by atoms with Crippen molar-refractivity contribution in [3.05, 3.63) is 71.5 Å². The maximum atomic E-state index is 13.2. The summed E-state index contributed by atoms with van der Waals surface area (Å²) >= 11 is 0. The number of fused-ring (bicyclic) bond motifs is 3.